The SMILES string of the molecule is COc1ccc(OC)c(Sc2nc3c(N)ncn(CCc4ccc(CC=O)cc4)c-3n2)c1. The number of methoxy groups -OCH3 is 2. The zero-order valence-corrected chi connectivity index (χ0v) is 18.6. The summed E-state index contributed by atoms with van der Waals surface area (Å²) in [7, 11) is 3.24. The van der Waals surface area contributed by atoms with Gasteiger partial charge in [-0.25, -0.2) is 15.0 Å². The average Bonchev–Trinajstić information content (AvgIpc) is 3.24. The van der Waals surface area contributed by atoms with Crippen LogP contribution in [0.2, 0.25) is 0 Å². The molecule has 0 saturated heterocycles. The highest BCUT2D eigenvalue weighted by atomic mass is 32.2. The molecule has 0 atom stereocenters. The second-order valence-corrected chi connectivity index (χ2v) is 8.07. The summed E-state index contributed by atoms with van der Waals surface area (Å²) < 4.78 is 12.7. The Bertz CT molecular complexity index is 1190. The quantitative estimate of drug-likeness (QED) is 0.387. The normalized spacial score (nSPS) is 10.9. The smallest absolute Gasteiger partial charge is 0.195 e. The fraction of sp³-hybridized carbons (Fsp3) is 0.217. The molecule has 2 aromatic rings. The van der Waals surface area contributed by atoms with Crippen LogP contribution in [0.3, 0.4) is 0 Å². The Morgan fingerprint density at radius 1 is 1.06 bits per heavy atom. The highest BCUT2D eigenvalue weighted by Gasteiger charge is 2.20. The molecule has 2 aliphatic heterocycles. The highest BCUT2D eigenvalue weighted by Crippen LogP contribution is 2.38. The Morgan fingerprint density at radius 2 is 1.84 bits per heavy atom. The van der Waals surface area contributed by atoms with E-state index < -0.39 is 0 Å². The molecule has 0 bridgehead atoms. The van der Waals surface area contributed by atoms with Crippen molar-refractivity contribution >= 4 is 23.9 Å². The number of fused-ring (bicyclic) bond motifs is 1. The van der Waals surface area contributed by atoms with Gasteiger partial charge in [-0.1, -0.05) is 24.3 Å². The molecule has 4 rings (SSSR count). The van der Waals surface area contributed by atoms with E-state index in [2.05, 4.69) is 9.97 Å². The summed E-state index contributed by atoms with van der Waals surface area (Å²) in [6.07, 6.45) is 3.81. The first kappa shape index (κ1) is 21.6. The molecule has 0 aliphatic carbocycles. The fourth-order valence-corrected chi connectivity index (χ4v) is 4.19. The van der Waals surface area contributed by atoms with Crippen LogP contribution in [0.1, 0.15) is 11.1 Å². The van der Waals surface area contributed by atoms with Crippen molar-refractivity contribution in [2.45, 2.75) is 29.4 Å². The van der Waals surface area contributed by atoms with E-state index in [-0.39, 0.29) is 0 Å². The van der Waals surface area contributed by atoms with Crippen LogP contribution in [0.25, 0.3) is 11.5 Å². The van der Waals surface area contributed by atoms with Crippen molar-refractivity contribution in [1.82, 2.24) is 19.5 Å². The standard InChI is InChI=1S/C23H23N5O3S/c1-30-17-7-8-18(31-2)19(13-17)32-23-26-20-21(24)25-14-28(22(20)27-23)11-9-15-3-5-16(6-4-15)10-12-29/h3-8,12-14H,9-11,24H2,1-2H3. The number of imidazole rings is 1. The first-order chi connectivity index (χ1) is 15.6. The number of aryl methyl sites for hydroxylation is 2. The third-order valence-electron chi connectivity index (χ3n) is 5.03. The first-order valence-electron chi connectivity index (χ1n) is 10.0. The second-order valence-electron chi connectivity index (χ2n) is 7.06. The largest absolute Gasteiger partial charge is 0.497 e. The molecule has 0 saturated carbocycles. The van der Waals surface area contributed by atoms with Crippen LogP contribution in [0, 0.1) is 0 Å². The van der Waals surface area contributed by atoms with Crippen molar-refractivity contribution in [2.75, 3.05) is 20.0 Å². The molecule has 0 spiro atoms. The minimum Gasteiger partial charge on any atom is -0.497 e. The molecule has 0 amide bonds. The number of aldehydes is 1. The van der Waals surface area contributed by atoms with Gasteiger partial charge in [0.15, 0.2) is 22.5 Å². The third kappa shape index (κ3) is 4.67. The minimum absolute atomic E-state index is 0.339. The zero-order valence-electron chi connectivity index (χ0n) is 17.8. The average molecular weight is 450 g/mol. The van der Waals surface area contributed by atoms with Crippen LogP contribution >= 0.6 is 11.8 Å². The van der Waals surface area contributed by atoms with Gasteiger partial charge in [0.1, 0.15) is 17.8 Å². The molecular formula is C23H23N5O3S. The zero-order chi connectivity index (χ0) is 22.5. The van der Waals surface area contributed by atoms with Gasteiger partial charge in [-0.2, -0.15) is 0 Å². The second kappa shape index (κ2) is 9.69. The Hall–Kier alpha value is -3.59. The van der Waals surface area contributed by atoms with E-state index in [1.165, 1.54) is 11.8 Å². The number of hydrogen-bond donors (Lipinski definition) is 1. The van der Waals surface area contributed by atoms with E-state index in [4.69, 9.17) is 20.2 Å². The van der Waals surface area contributed by atoms with Crippen LogP contribution in [0.4, 0.5) is 5.82 Å². The number of nitrogens with zero attached hydrogens (tertiary/aromatic N) is 4. The van der Waals surface area contributed by atoms with Crippen molar-refractivity contribution in [1.29, 1.82) is 0 Å². The van der Waals surface area contributed by atoms with Gasteiger partial charge in [0.2, 0.25) is 0 Å². The molecular weight excluding hydrogens is 426 g/mol. The van der Waals surface area contributed by atoms with Crippen molar-refractivity contribution in [3.8, 4) is 23.0 Å². The molecule has 0 fully saturated rings. The van der Waals surface area contributed by atoms with E-state index in [1.807, 2.05) is 47.0 Å². The number of nitrogen functional groups attached to an aromatic ring is 1. The summed E-state index contributed by atoms with van der Waals surface area (Å²) in [5.74, 6) is 2.45. The number of anilines is 1. The van der Waals surface area contributed by atoms with Crippen LogP contribution in [0.15, 0.2) is 58.8 Å². The summed E-state index contributed by atoms with van der Waals surface area (Å²) in [5, 5.41) is 0.554. The van der Waals surface area contributed by atoms with Gasteiger partial charge in [-0.3, -0.25) is 0 Å². The first-order valence-corrected chi connectivity index (χ1v) is 10.8. The number of hydrogen-bond acceptors (Lipinski definition) is 8. The molecule has 9 heteroatoms. The van der Waals surface area contributed by atoms with Gasteiger partial charge in [-0.05, 0) is 47.5 Å². The van der Waals surface area contributed by atoms with Crippen molar-refractivity contribution < 1.29 is 14.3 Å². The van der Waals surface area contributed by atoms with Gasteiger partial charge < -0.3 is 24.6 Å². The number of rotatable bonds is 9. The molecule has 0 radical (unpaired) electrons. The minimum atomic E-state index is 0.339. The van der Waals surface area contributed by atoms with Crippen LogP contribution in [0.5, 0.6) is 11.5 Å². The van der Waals surface area contributed by atoms with Gasteiger partial charge in [0, 0.05) is 13.0 Å². The highest BCUT2D eigenvalue weighted by molar-refractivity contribution is 7.99. The molecule has 2 N–H and O–H groups in total. The lowest BCUT2D eigenvalue weighted by Gasteiger charge is -2.11. The third-order valence-corrected chi connectivity index (χ3v) is 5.93. The van der Waals surface area contributed by atoms with Crippen LogP contribution in [-0.4, -0.2) is 40.0 Å². The molecule has 2 heterocycles. The van der Waals surface area contributed by atoms with Crippen LogP contribution in [-0.2, 0) is 24.2 Å². The summed E-state index contributed by atoms with van der Waals surface area (Å²) in [6, 6.07) is 13.6. The van der Waals surface area contributed by atoms with Crippen molar-refractivity contribution in [3.05, 3.63) is 59.9 Å². The van der Waals surface area contributed by atoms with E-state index in [1.54, 1.807) is 20.5 Å². The lowest BCUT2D eigenvalue weighted by atomic mass is 10.1. The summed E-state index contributed by atoms with van der Waals surface area (Å²) in [5.41, 5.74) is 8.81. The van der Waals surface area contributed by atoms with E-state index in [9.17, 15) is 4.79 Å². The molecule has 0 unspecified atom stereocenters. The van der Waals surface area contributed by atoms with Gasteiger partial charge in [-0.15, -0.1) is 0 Å². The molecule has 32 heavy (non-hydrogen) atoms. The fourth-order valence-electron chi connectivity index (χ4n) is 3.29. The molecule has 8 nitrogen and oxygen atoms in total. The molecule has 0 aromatic heterocycles. The van der Waals surface area contributed by atoms with Crippen LogP contribution < -0.4 is 15.2 Å². The monoisotopic (exact) mass is 449 g/mol. The van der Waals surface area contributed by atoms with E-state index in [0.717, 1.165) is 34.5 Å². The molecule has 2 aromatic carbocycles. The maximum absolute atomic E-state index is 10.7. The molecule has 164 valence electrons. The number of carbonyl (C=O) groups excluding carboxylic acids is 1. The number of benzene rings is 2. The summed E-state index contributed by atoms with van der Waals surface area (Å²) in [4.78, 5) is 25.1. The maximum Gasteiger partial charge on any atom is 0.195 e. The summed E-state index contributed by atoms with van der Waals surface area (Å²) in [6.45, 7) is 0.669. The molecule has 2 aliphatic rings. The van der Waals surface area contributed by atoms with Crippen molar-refractivity contribution in [2.24, 2.45) is 0 Å². The Kier molecular flexibility index (Phi) is 6.55. The van der Waals surface area contributed by atoms with Crippen molar-refractivity contribution in [3.63, 3.8) is 0 Å². The van der Waals surface area contributed by atoms with E-state index in [0.29, 0.717) is 41.2 Å². The predicted octanol–water partition coefficient (Wildman–Crippen LogP) is 3.51. The number of carbonyl (C=O) groups is 1. The lowest BCUT2D eigenvalue weighted by molar-refractivity contribution is -0.107. The number of ether oxygens (including phenoxy) is 2. The van der Waals surface area contributed by atoms with Gasteiger partial charge >= 0.3 is 0 Å². The number of aromatic nitrogens is 4. The predicted molar refractivity (Wildman–Crippen MR) is 122 cm³/mol. The lowest BCUT2D eigenvalue weighted by Crippen LogP contribution is -2.10. The number of nitrogens with two attached hydrogens (primary N) is 1. The van der Waals surface area contributed by atoms with Gasteiger partial charge in [0.25, 0.3) is 0 Å². The topological polar surface area (TPSA) is 105 Å². The maximum atomic E-state index is 10.7. The Morgan fingerprint density at radius 3 is 2.56 bits per heavy atom. The van der Waals surface area contributed by atoms with E-state index >= 15 is 0 Å². The van der Waals surface area contributed by atoms with Gasteiger partial charge in [0.05, 0.1) is 25.4 Å². The Labute approximate surface area is 190 Å². The summed E-state index contributed by atoms with van der Waals surface area (Å²) >= 11 is 1.38. The Balaban J connectivity index is 1.57.